The molecule has 0 saturated heterocycles. The minimum absolute atomic E-state index is 0.597. The van der Waals surface area contributed by atoms with Crippen LogP contribution in [0.5, 0.6) is 5.75 Å². The molecule has 2 heteroatoms. The number of aliphatic hydroxyl groups is 1. The van der Waals surface area contributed by atoms with E-state index < -0.39 is 5.60 Å². The molecule has 1 aliphatic rings. The SMILES string of the molecule is COc1ccccc1[C@@]1(O)CC[C@H](C)C1. The van der Waals surface area contributed by atoms with Crippen LogP contribution in [0.15, 0.2) is 24.3 Å². The maximum absolute atomic E-state index is 10.6. The predicted molar refractivity (Wildman–Crippen MR) is 59.9 cm³/mol. The molecule has 1 fully saturated rings. The number of para-hydroxylation sites is 1. The first-order chi connectivity index (χ1) is 7.15. The fourth-order valence-electron chi connectivity index (χ4n) is 2.54. The quantitative estimate of drug-likeness (QED) is 0.806. The largest absolute Gasteiger partial charge is 0.496 e. The lowest BCUT2D eigenvalue weighted by atomic mass is 9.90. The van der Waals surface area contributed by atoms with Gasteiger partial charge >= 0.3 is 0 Å². The zero-order valence-corrected chi connectivity index (χ0v) is 9.36. The number of methoxy groups -OCH3 is 1. The molecule has 1 N–H and O–H groups in total. The van der Waals surface area contributed by atoms with Crippen LogP contribution in [-0.4, -0.2) is 12.2 Å². The molecule has 82 valence electrons. The van der Waals surface area contributed by atoms with E-state index in [-0.39, 0.29) is 0 Å². The Morgan fingerprint density at radius 1 is 1.40 bits per heavy atom. The second kappa shape index (κ2) is 3.86. The maximum Gasteiger partial charge on any atom is 0.124 e. The Morgan fingerprint density at radius 3 is 2.73 bits per heavy atom. The lowest BCUT2D eigenvalue weighted by Gasteiger charge is -2.25. The van der Waals surface area contributed by atoms with Gasteiger partial charge in [-0.05, 0) is 31.2 Å². The molecule has 0 radical (unpaired) electrons. The van der Waals surface area contributed by atoms with Gasteiger partial charge in [-0.15, -0.1) is 0 Å². The van der Waals surface area contributed by atoms with Crippen LogP contribution in [0.3, 0.4) is 0 Å². The van der Waals surface area contributed by atoms with Crippen molar-refractivity contribution in [1.82, 2.24) is 0 Å². The summed E-state index contributed by atoms with van der Waals surface area (Å²) >= 11 is 0. The molecule has 0 unspecified atom stereocenters. The fraction of sp³-hybridized carbons (Fsp3) is 0.538. The number of ether oxygens (including phenoxy) is 1. The molecule has 0 amide bonds. The van der Waals surface area contributed by atoms with E-state index in [1.54, 1.807) is 7.11 Å². The Morgan fingerprint density at radius 2 is 2.13 bits per heavy atom. The van der Waals surface area contributed by atoms with E-state index in [0.717, 1.165) is 30.6 Å². The maximum atomic E-state index is 10.6. The van der Waals surface area contributed by atoms with Crippen molar-refractivity contribution in [3.63, 3.8) is 0 Å². The first kappa shape index (κ1) is 10.5. The Labute approximate surface area is 90.9 Å². The zero-order valence-electron chi connectivity index (χ0n) is 9.36. The monoisotopic (exact) mass is 206 g/mol. The topological polar surface area (TPSA) is 29.5 Å². The molecule has 1 aliphatic carbocycles. The molecule has 1 aromatic rings. The summed E-state index contributed by atoms with van der Waals surface area (Å²) in [6.45, 7) is 2.19. The first-order valence-corrected chi connectivity index (χ1v) is 5.51. The van der Waals surface area contributed by atoms with Gasteiger partial charge in [0.1, 0.15) is 5.75 Å². The van der Waals surface area contributed by atoms with Gasteiger partial charge < -0.3 is 9.84 Å². The molecule has 1 aromatic carbocycles. The average Bonchev–Trinajstić information content (AvgIpc) is 2.60. The molecule has 0 aliphatic heterocycles. The molecule has 2 rings (SSSR count). The lowest BCUT2D eigenvalue weighted by Crippen LogP contribution is -2.22. The molecule has 2 atom stereocenters. The van der Waals surface area contributed by atoms with E-state index in [0.29, 0.717) is 5.92 Å². The number of benzene rings is 1. The van der Waals surface area contributed by atoms with Crippen LogP contribution in [0.4, 0.5) is 0 Å². The third-order valence-electron chi connectivity index (χ3n) is 3.35. The Balaban J connectivity index is 2.36. The number of hydrogen-bond acceptors (Lipinski definition) is 2. The van der Waals surface area contributed by atoms with Crippen LogP contribution in [0.2, 0.25) is 0 Å². The second-order valence-electron chi connectivity index (χ2n) is 4.58. The van der Waals surface area contributed by atoms with Gasteiger partial charge in [-0.2, -0.15) is 0 Å². The Bertz CT molecular complexity index is 348. The number of hydrogen-bond donors (Lipinski definition) is 1. The second-order valence-corrected chi connectivity index (χ2v) is 4.58. The van der Waals surface area contributed by atoms with Crippen molar-refractivity contribution >= 4 is 0 Å². The molecule has 1 saturated carbocycles. The predicted octanol–water partition coefficient (Wildman–Crippen LogP) is 2.70. The minimum atomic E-state index is -0.675. The van der Waals surface area contributed by atoms with Crippen LogP contribution >= 0.6 is 0 Å². The van der Waals surface area contributed by atoms with Gasteiger partial charge in [0.2, 0.25) is 0 Å². The lowest BCUT2D eigenvalue weighted by molar-refractivity contribution is 0.0383. The molecular weight excluding hydrogens is 188 g/mol. The smallest absolute Gasteiger partial charge is 0.124 e. The Hall–Kier alpha value is -1.02. The molecule has 2 nitrogen and oxygen atoms in total. The van der Waals surface area contributed by atoms with Crippen molar-refractivity contribution in [3.05, 3.63) is 29.8 Å². The van der Waals surface area contributed by atoms with E-state index in [4.69, 9.17) is 4.74 Å². The highest BCUT2D eigenvalue weighted by atomic mass is 16.5. The fourth-order valence-corrected chi connectivity index (χ4v) is 2.54. The average molecular weight is 206 g/mol. The molecule has 0 bridgehead atoms. The minimum Gasteiger partial charge on any atom is -0.496 e. The summed E-state index contributed by atoms with van der Waals surface area (Å²) in [6, 6.07) is 7.77. The van der Waals surface area contributed by atoms with Gasteiger partial charge in [-0.3, -0.25) is 0 Å². The van der Waals surface area contributed by atoms with Crippen molar-refractivity contribution in [2.45, 2.75) is 31.8 Å². The van der Waals surface area contributed by atoms with Crippen LogP contribution in [0.1, 0.15) is 31.7 Å². The van der Waals surface area contributed by atoms with Gasteiger partial charge in [-0.25, -0.2) is 0 Å². The van der Waals surface area contributed by atoms with E-state index in [9.17, 15) is 5.11 Å². The summed E-state index contributed by atoms with van der Waals surface area (Å²) in [4.78, 5) is 0. The van der Waals surface area contributed by atoms with Crippen molar-refractivity contribution in [2.75, 3.05) is 7.11 Å². The number of rotatable bonds is 2. The highest BCUT2D eigenvalue weighted by Crippen LogP contribution is 2.44. The molecule has 0 spiro atoms. The van der Waals surface area contributed by atoms with Crippen molar-refractivity contribution in [2.24, 2.45) is 5.92 Å². The zero-order chi connectivity index (χ0) is 10.9. The first-order valence-electron chi connectivity index (χ1n) is 5.51. The summed E-state index contributed by atoms with van der Waals surface area (Å²) in [5, 5.41) is 10.6. The van der Waals surface area contributed by atoms with Crippen molar-refractivity contribution in [3.8, 4) is 5.75 Å². The standard InChI is InChI=1S/C13H18O2/c1-10-7-8-13(14,9-10)11-5-3-4-6-12(11)15-2/h3-6,10,14H,7-9H2,1-2H3/t10-,13+/m0/s1. The van der Waals surface area contributed by atoms with Gasteiger partial charge in [0, 0.05) is 5.56 Å². The summed E-state index contributed by atoms with van der Waals surface area (Å²) in [7, 11) is 1.65. The summed E-state index contributed by atoms with van der Waals surface area (Å²) in [5.41, 5.74) is 0.267. The highest BCUT2D eigenvalue weighted by molar-refractivity contribution is 5.38. The molecule has 0 heterocycles. The summed E-state index contributed by atoms with van der Waals surface area (Å²) in [6.07, 6.45) is 2.77. The van der Waals surface area contributed by atoms with Crippen LogP contribution in [0, 0.1) is 5.92 Å². The molecule has 15 heavy (non-hydrogen) atoms. The van der Waals surface area contributed by atoms with Crippen LogP contribution in [-0.2, 0) is 5.60 Å². The van der Waals surface area contributed by atoms with Crippen LogP contribution < -0.4 is 4.74 Å². The van der Waals surface area contributed by atoms with E-state index in [1.807, 2.05) is 24.3 Å². The van der Waals surface area contributed by atoms with Gasteiger partial charge in [0.25, 0.3) is 0 Å². The Kier molecular flexibility index (Phi) is 2.70. The third kappa shape index (κ3) is 1.86. The third-order valence-corrected chi connectivity index (χ3v) is 3.35. The van der Waals surface area contributed by atoms with Crippen LogP contribution in [0.25, 0.3) is 0 Å². The normalized spacial score (nSPS) is 30.5. The van der Waals surface area contributed by atoms with Gasteiger partial charge in [-0.1, -0.05) is 25.1 Å². The highest BCUT2D eigenvalue weighted by Gasteiger charge is 2.38. The van der Waals surface area contributed by atoms with Gasteiger partial charge in [0.15, 0.2) is 0 Å². The summed E-state index contributed by atoms with van der Waals surface area (Å²) < 4.78 is 5.30. The van der Waals surface area contributed by atoms with Gasteiger partial charge in [0.05, 0.1) is 12.7 Å². The van der Waals surface area contributed by atoms with E-state index in [2.05, 4.69) is 6.92 Å². The molecule has 0 aromatic heterocycles. The molecular formula is C13H18O2. The van der Waals surface area contributed by atoms with E-state index >= 15 is 0 Å². The van der Waals surface area contributed by atoms with Crippen molar-refractivity contribution < 1.29 is 9.84 Å². The van der Waals surface area contributed by atoms with E-state index in [1.165, 1.54) is 0 Å². The summed E-state index contributed by atoms with van der Waals surface area (Å²) in [5.74, 6) is 1.40. The van der Waals surface area contributed by atoms with Crippen molar-refractivity contribution in [1.29, 1.82) is 0 Å².